The fourth-order valence-corrected chi connectivity index (χ4v) is 3.70. The minimum atomic E-state index is 0.0737. The van der Waals surface area contributed by atoms with Crippen molar-refractivity contribution in [3.8, 4) is 11.1 Å². The summed E-state index contributed by atoms with van der Waals surface area (Å²) in [6.07, 6.45) is 0. The number of aromatic nitrogens is 1. The second-order valence-electron chi connectivity index (χ2n) is 6.27. The van der Waals surface area contributed by atoms with Crippen LogP contribution < -0.4 is 0 Å². The highest BCUT2D eigenvalue weighted by Crippen LogP contribution is 2.40. The molecule has 0 saturated carbocycles. The van der Waals surface area contributed by atoms with Crippen LogP contribution in [0.3, 0.4) is 0 Å². The summed E-state index contributed by atoms with van der Waals surface area (Å²) in [6.45, 7) is 6.33. The maximum atomic E-state index is 13.3. The maximum Gasteiger partial charge on any atom is 0.271 e. The molecule has 0 fully saturated rings. The number of hydrogen-bond donors (Lipinski definition) is 0. The SMILES string of the molecule is CCOCn1c2c(c3ccccc31)-c1ccccc1CN(CC)C2=O. The number of carbonyl (C=O) groups is 1. The van der Waals surface area contributed by atoms with Crippen molar-refractivity contribution in [2.45, 2.75) is 27.1 Å². The molecule has 128 valence electrons. The molecule has 0 radical (unpaired) electrons. The quantitative estimate of drug-likeness (QED) is 0.714. The Morgan fingerprint density at radius 1 is 1.04 bits per heavy atom. The van der Waals surface area contributed by atoms with E-state index in [0.717, 1.165) is 27.7 Å². The third kappa shape index (κ3) is 2.45. The number of nitrogens with zero attached hydrogens (tertiary/aromatic N) is 2. The van der Waals surface area contributed by atoms with Crippen molar-refractivity contribution in [3.63, 3.8) is 0 Å². The van der Waals surface area contributed by atoms with Gasteiger partial charge in [0.2, 0.25) is 0 Å². The molecule has 2 heterocycles. The highest BCUT2D eigenvalue weighted by Gasteiger charge is 2.31. The first-order valence-corrected chi connectivity index (χ1v) is 8.82. The number of hydrogen-bond acceptors (Lipinski definition) is 2. The fraction of sp³-hybridized carbons (Fsp3) is 0.286. The zero-order valence-electron chi connectivity index (χ0n) is 14.7. The van der Waals surface area contributed by atoms with Crippen LogP contribution in [0.5, 0.6) is 0 Å². The molecule has 1 aliphatic rings. The minimum Gasteiger partial charge on any atom is -0.361 e. The lowest BCUT2D eigenvalue weighted by Crippen LogP contribution is -2.31. The lowest BCUT2D eigenvalue weighted by atomic mass is 9.98. The smallest absolute Gasteiger partial charge is 0.271 e. The van der Waals surface area contributed by atoms with Gasteiger partial charge in [0.1, 0.15) is 12.4 Å². The Labute approximate surface area is 147 Å². The Bertz CT molecular complexity index is 942. The van der Waals surface area contributed by atoms with Crippen LogP contribution in [0.1, 0.15) is 29.9 Å². The second-order valence-corrected chi connectivity index (χ2v) is 6.27. The van der Waals surface area contributed by atoms with Crippen molar-refractivity contribution in [2.75, 3.05) is 13.2 Å². The molecule has 4 rings (SSSR count). The van der Waals surface area contributed by atoms with Gasteiger partial charge in [-0.15, -0.1) is 0 Å². The summed E-state index contributed by atoms with van der Waals surface area (Å²) in [6, 6.07) is 16.5. The standard InChI is InChI=1S/C21H22N2O2/c1-3-22-13-15-9-5-6-10-16(15)19-17-11-7-8-12-18(17)23(14-25-4-2)20(19)21(22)24/h5-12H,3-4,13-14H2,1-2H3. The van der Waals surface area contributed by atoms with Crippen molar-refractivity contribution in [1.29, 1.82) is 0 Å². The molecule has 0 unspecified atom stereocenters. The summed E-state index contributed by atoms with van der Waals surface area (Å²) in [4.78, 5) is 15.2. The predicted molar refractivity (Wildman–Crippen MR) is 99.4 cm³/mol. The van der Waals surface area contributed by atoms with E-state index < -0.39 is 0 Å². The van der Waals surface area contributed by atoms with Gasteiger partial charge in [-0.05, 0) is 31.0 Å². The van der Waals surface area contributed by atoms with Gasteiger partial charge < -0.3 is 14.2 Å². The Hall–Kier alpha value is -2.59. The Morgan fingerprint density at radius 3 is 2.60 bits per heavy atom. The highest BCUT2D eigenvalue weighted by atomic mass is 16.5. The van der Waals surface area contributed by atoms with Gasteiger partial charge in [0, 0.05) is 30.6 Å². The monoisotopic (exact) mass is 334 g/mol. The van der Waals surface area contributed by atoms with E-state index in [0.29, 0.717) is 26.4 Å². The van der Waals surface area contributed by atoms with E-state index in [4.69, 9.17) is 4.74 Å². The van der Waals surface area contributed by atoms with E-state index in [1.807, 2.05) is 47.6 Å². The summed E-state index contributed by atoms with van der Waals surface area (Å²) in [5, 5.41) is 1.11. The Balaban J connectivity index is 2.09. The summed E-state index contributed by atoms with van der Waals surface area (Å²) in [5.74, 6) is 0.0737. The molecule has 2 aromatic carbocycles. The summed E-state index contributed by atoms with van der Waals surface area (Å²) in [5.41, 5.74) is 5.15. The molecule has 1 aliphatic heterocycles. The first-order chi connectivity index (χ1) is 12.3. The van der Waals surface area contributed by atoms with Gasteiger partial charge in [-0.1, -0.05) is 42.5 Å². The van der Waals surface area contributed by atoms with Crippen LogP contribution >= 0.6 is 0 Å². The average molecular weight is 334 g/mol. The molecule has 1 aromatic heterocycles. The molecule has 1 amide bonds. The first-order valence-electron chi connectivity index (χ1n) is 8.82. The van der Waals surface area contributed by atoms with Crippen molar-refractivity contribution in [3.05, 3.63) is 59.8 Å². The topological polar surface area (TPSA) is 34.5 Å². The molecular weight excluding hydrogens is 312 g/mol. The van der Waals surface area contributed by atoms with Crippen LogP contribution in [0.4, 0.5) is 0 Å². The van der Waals surface area contributed by atoms with Crippen LogP contribution in [0.15, 0.2) is 48.5 Å². The normalized spacial score (nSPS) is 13.7. The molecule has 25 heavy (non-hydrogen) atoms. The van der Waals surface area contributed by atoms with Crippen molar-refractivity contribution < 1.29 is 9.53 Å². The average Bonchev–Trinajstić information content (AvgIpc) is 2.91. The Morgan fingerprint density at radius 2 is 1.80 bits per heavy atom. The van der Waals surface area contributed by atoms with E-state index in [1.165, 1.54) is 5.56 Å². The number of carbonyl (C=O) groups excluding carboxylic acids is 1. The number of rotatable bonds is 4. The minimum absolute atomic E-state index is 0.0737. The summed E-state index contributed by atoms with van der Waals surface area (Å²) >= 11 is 0. The number of amides is 1. The predicted octanol–water partition coefficient (Wildman–Crippen LogP) is 4.28. The number of benzene rings is 2. The lowest BCUT2D eigenvalue weighted by molar-refractivity contribution is 0.0685. The molecular formula is C21H22N2O2. The molecule has 0 aliphatic carbocycles. The van der Waals surface area contributed by atoms with Gasteiger partial charge in [0.15, 0.2) is 0 Å². The van der Waals surface area contributed by atoms with Crippen molar-refractivity contribution >= 4 is 16.8 Å². The van der Waals surface area contributed by atoms with Crippen LogP contribution in [-0.4, -0.2) is 28.5 Å². The van der Waals surface area contributed by atoms with Crippen LogP contribution in [0.25, 0.3) is 22.0 Å². The van der Waals surface area contributed by atoms with Crippen molar-refractivity contribution in [1.82, 2.24) is 9.47 Å². The molecule has 4 nitrogen and oxygen atoms in total. The lowest BCUT2D eigenvalue weighted by Gasteiger charge is -2.20. The molecule has 0 spiro atoms. The van der Waals surface area contributed by atoms with Gasteiger partial charge in [-0.25, -0.2) is 0 Å². The maximum absolute atomic E-state index is 13.3. The highest BCUT2D eigenvalue weighted by molar-refractivity contribution is 6.11. The molecule has 4 heteroatoms. The number of ether oxygens (including phenoxy) is 1. The van der Waals surface area contributed by atoms with Gasteiger partial charge in [0.05, 0.1) is 5.52 Å². The third-order valence-electron chi connectivity index (χ3n) is 4.91. The zero-order chi connectivity index (χ0) is 17.4. The van der Waals surface area contributed by atoms with Gasteiger partial charge in [-0.2, -0.15) is 0 Å². The zero-order valence-corrected chi connectivity index (χ0v) is 14.7. The van der Waals surface area contributed by atoms with E-state index in [-0.39, 0.29) is 5.91 Å². The summed E-state index contributed by atoms with van der Waals surface area (Å²) < 4.78 is 7.72. The van der Waals surface area contributed by atoms with Gasteiger partial charge in [0.25, 0.3) is 5.91 Å². The molecule has 3 aromatic rings. The van der Waals surface area contributed by atoms with Crippen molar-refractivity contribution in [2.24, 2.45) is 0 Å². The molecule has 0 atom stereocenters. The second kappa shape index (κ2) is 6.37. The molecule has 0 bridgehead atoms. The van der Waals surface area contributed by atoms with E-state index in [2.05, 4.69) is 24.3 Å². The molecule has 0 saturated heterocycles. The van der Waals surface area contributed by atoms with Crippen LogP contribution in [0.2, 0.25) is 0 Å². The van der Waals surface area contributed by atoms with E-state index >= 15 is 0 Å². The van der Waals surface area contributed by atoms with E-state index in [9.17, 15) is 4.79 Å². The fourth-order valence-electron chi connectivity index (χ4n) is 3.70. The van der Waals surface area contributed by atoms with Crippen LogP contribution in [0, 0.1) is 0 Å². The number of fused-ring (bicyclic) bond motifs is 5. The first kappa shape index (κ1) is 15.9. The van der Waals surface area contributed by atoms with Gasteiger partial charge in [-0.3, -0.25) is 4.79 Å². The Kier molecular flexibility index (Phi) is 4.06. The summed E-state index contributed by atoms with van der Waals surface area (Å²) in [7, 11) is 0. The number of para-hydroxylation sites is 1. The third-order valence-corrected chi connectivity index (χ3v) is 4.91. The van der Waals surface area contributed by atoms with E-state index in [1.54, 1.807) is 0 Å². The van der Waals surface area contributed by atoms with Crippen LogP contribution in [-0.2, 0) is 18.0 Å². The van der Waals surface area contributed by atoms with Gasteiger partial charge >= 0.3 is 0 Å². The molecule has 0 N–H and O–H groups in total. The largest absolute Gasteiger partial charge is 0.361 e.